The van der Waals surface area contributed by atoms with Crippen LogP contribution in [0.25, 0.3) is 5.70 Å². The van der Waals surface area contributed by atoms with E-state index < -0.39 is 23.6 Å². The van der Waals surface area contributed by atoms with Gasteiger partial charge in [0.2, 0.25) is 5.95 Å². The number of piperidine rings is 1. The molecular formula is C36H47N5O3. The van der Waals surface area contributed by atoms with Gasteiger partial charge in [0.15, 0.2) is 6.10 Å². The van der Waals surface area contributed by atoms with Crippen molar-refractivity contribution in [2.75, 3.05) is 31.1 Å². The number of aryl methyl sites for hydroxylation is 2. The zero-order valence-electron chi connectivity index (χ0n) is 27.1. The first-order chi connectivity index (χ1) is 21.0. The average molecular weight is 598 g/mol. The van der Waals surface area contributed by atoms with Crippen molar-refractivity contribution in [3.63, 3.8) is 0 Å². The number of ether oxygens (including phenoxy) is 1. The zero-order chi connectivity index (χ0) is 31.2. The number of carboxylic acids is 1. The number of anilines is 1. The molecule has 2 unspecified atom stereocenters. The molecule has 6 rings (SSSR count). The highest BCUT2D eigenvalue weighted by Gasteiger charge is 2.47. The number of hydrogen-bond acceptors (Lipinski definition) is 6. The highest BCUT2D eigenvalue weighted by Crippen LogP contribution is 2.51. The third-order valence-corrected chi connectivity index (χ3v) is 9.53. The van der Waals surface area contributed by atoms with E-state index in [-0.39, 0.29) is 5.92 Å². The SMILES string of the molecule is CC1=C2c3c(cc(C)n3CCN2c2ncc(CCN3CCCCC3)cn2)C(c2ccc(C)cc2)C1[C@H](OC(C)(C)C)C(=O)O. The molecule has 4 heterocycles. The lowest BCUT2D eigenvalue weighted by molar-refractivity contribution is -0.165. The molecule has 0 radical (unpaired) electrons. The van der Waals surface area contributed by atoms with Crippen molar-refractivity contribution < 1.29 is 14.6 Å². The van der Waals surface area contributed by atoms with Gasteiger partial charge in [-0.15, -0.1) is 0 Å². The Bertz CT molecular complexity index is 1530. The average Bonchev–Trinajstić information content (AvgIpc) is 3.33. The van der Waals surface area contributed by atoms with Crippen molar-refractivity contribution in [1.29, 1.82) is 0 Å². The molecule has 2 aromatic heterocycles. The van der Waals surface area contributed by atoms with E-state index >= 15 is 0 Å². The normalized spacial score (nSPS) is 21.4. The Labute approximate surface area is 261 Å². The summed E-state index contributed by atoms with van der Waals surface area (Å²) in [4.78, 5) is 27.5. The topological polar surface area (TPSA) is 83.7 Å². The van der Waals surface area contributed by atoms with Gasteiger partial charge in [-0.05, 0) is 102 Å². The number of aromatic nitrogens is 3. The van der Waals surface area contributed by atoms with E-state index in [9.17, 15) is 9.90 Å². The standard InChI is InChI=1S/C36H47N5O3/c1-23-10-12-27(13-11-23)30-28-20-24(2)40-18-19-41(35-37-21-26(22-38-35)14-17-39-15-8-7-9-16-39)31(32(28)40)25(3)29(30)33(34(42)43)44-36(4,5)6/h10-13,20-22,29-30,33H,7-9,14-19H2,1-6H3,(H,42,43)/t29?,30?,33-/m0/s1. The molecule has 3 aliphatic rings. The maximum atomic E-state index is 13.0. The first-order valence-corrected chi connectivity index (χ1v) is 16.2. The molecule has 234 valence electrons. The third kappa shape index (κ3) is 5.94. The van der Waals surface area contributed by atoms with E-state index in [0.29, 0.717) is 12.5 Å². The minimum Gasteiger partial charge on any atom is -0.479 e. The van der Waals surface area contributed by atoms with Crippen LogP contribution in [0.3, 0.4) is 0 Å². The summed E-state index contributed by atoms with van der Waals surface area (Å²) in [7, 11) is 0. The van der Waals surface area contributed by atoms with Gasteiger partial charge in [0.05, 0.1) is 17.0 Å². The molecule has 44 heavy (non-hydrogen) atoms. The molecular weight excluding hydrogens is 550 g/mol. The predicted molar refractivity (Wildman–Crippen MR) is 174 cm³/mol. The maximum Gasteiger partial charge on any atom is 0.333 e. The largest absolute Gasteiger partial charge is 0.479 e. The zero-order valence-corrected chi connectivity index (χ0v) is 27.1. The van der Waals surface area contributed by atoms with Crippen molar-refractivity contribution >= 4 is 17.6 Å². The molecule has 3 atom stereocenters. The molecule has 0 spiro atoms. The van der Waals surface area contributed by atoms with Crippen molar-refractivity contribution in [3.8, 4) is 0 Å². The molecule has 1 aliphatic carbocycles. The Morgan fingerprint density at radius 2 is 1.68 bits per heavy atom. The van der Waals surface area contributed by atoms with Crippen molar-refractivity contribution in [3.05, 3.63) is 81.9 Å². The number of rotatable bonds is 8. The molecule has 3 aromatic rings. The lowest BCUT2D eigenvalue weighted by Gasteiger charge is -2.44. The van der Waals surface area contributed by atoms with Gasteiger partial charge in [-0.2, -0.15) is 0 Å². The van der Waals surface area contributed by atoms with Crippen LogP contribution in [-0.2, 0) is 22.5 Å². The molecule has 1 aromatic carbocycles. The van der Waals surface area contributed by atoms with Crippen LogP contribution < -0.4 is 4.90 Å². The monoisotopic (exact) mass is 597 g/mol. The lowest BCUT2D eigenvalue weighted by atomic mass is 9.69. The Hall–Kier alpha value is -3.49. The second-order valence-electron chi connectivity index (χ2n) is 13.9. The Morgan fingerprint density at radius 3 is 2.32 bits per heavy atom. The Balaban J connectivity index is 1.42. The Kier molecular flexibility index (Phi) is 8.42. The van der Waals surface area contributed by atoms with E-state index in [2.05, 4.69) is 65.5 Å². The van der Waals surface area contributed by atoms with E-state index in [1.54, 1.807) is 0 Å². The van der Waals surface area contributed by atoms with Gasteiger partial charge in [0.25, 0.3) is 0 Å². The van der Waals surface area contributed by atoms with E-state index in [4.69, 9.17) is 14.7 Å². The van der Waals surface area contributed by atoms with Crippen LogP contribution in [0.4, 0.5) is 5.95 Å². The van der Waals surface area contributed by atoms with E-state index in [1.807, 2.05) is 33.2 Å². The summed E-state index contributed by atoms with van der Waals surface area (Å²) in [5.74, 6) is -0.876. The quantitative estimate of drug-likeness (QED) is 0.331. The van der Waals surface area contributed by atoms with Crippen LogP contribution >= 0.6 is 0 Å². The van der Waals surface area contributed by atoms with Gasteiger partial charge in [0.1, 0.15) is 0 Å². The summed E-state index contributed by atoms with van der Waals surface area (Å²) in [6.07, 6.45) is 7.77. The minimum absolute atomic E-state index is 0.171. The van der Waals surface area contributed by atoms with Gasteiger partial charge < -0.3 is 24.2 Å². The van der Waals surface area contributed by atoms with Crippen LogP contribution in [0.5, 0.6) is 0 Å². The summed E-state index contributed by atoms with van der Waals surface area (Å²) >= 11 is 0. The number of hydrogen-bond donors (Lipinski definition) is 1. The van der Waals surface area contributed by atoms with Crippen LogP contribution in [0.2, 0.25) is 0 Å². The van der Waals surface area contributed by atoms with Crippen LogP contribution in [-0.4, -0.2) is 68.4 Å². The van der Waals surface area contributed by atoms with Gasteiger partial charge in [-0.1, -0.05) is 36.2 Å². The fraction of sp³-hybridized carbons (Fsp3) is 0.528. The van der Waals surface area contributed by atoms with Crippen molar-refractivity contribution in [2.45, 2.75) is 91.4 Å². The number of carboxylic acid groups (broad SMARTS) is 1. The van der Waals surface area contributed by atoms with Crippen LogP contribution in [0, 0.1) is 19.8 Å². The van der Waals surface area contributed by atoms with Crippen LogP contribution in [0.1, 0.15) is 86.5 Å². The van der Waals surface area contributed by atoms with Crippen LogP contribution in [0.15, 0.2) is 48.3 Å². The fourth-order valence-corrected chi connectivity index (χ4v) is 7.44. The molecule has 0 bridgehead atoms. The highest BCUT2D eigenvalue weighted by molar-refractivity contribution is 5.85. The minimum atomic E-state index is -1.03. The summed E-state index contributed by atoms with van der Waals surface area (Å²) in [6, 6.07) is 10.8. The number of nitrogens with zero attached hydrogens (tertiary/aromatic N) is 5. The summed E-state index contributed by atoms with van der Waals surface area (Å²) in [6.45, 7) is 17.0. The first kappa shape index (κ1) is 30.5. The third-order valence-electron chi connectivity index (χ3n) is 9.53. The number of likely N-dealkylation sites (tertiary alicyclic amines) is 1. The van der Waals surface area contributed by atoms with Crippen molar-refractivity contribution in [2.24, 2.45) is 5.92 Å². The lowest BCUT2D eigenvalue weighted by Crippen LogP contribution is -2.45. The summed E-state index contributed by atoms with van der Waals surface area (Å²) < 4.78 is 8.77. The number of carbonyl (C=O) groups is 1. The highest BCUT2D eigenvalue weighted by atomic mass is 16.5. The smallest absolute Gasteiger partial charge is 0.333 e. The molecule has 8 heteroatoms. The number of benzene rings is 1. The van der Waals surface area contributed by atoms with Gasteiger partial charge >= 0.3 is 5.97 Å². The number of aliphatic carboxylic acids is 1. The molecule has 1 fully saturated rings. The fourth-order valence-electron chi connectivity index (χ4n) is 7.44. The first-order valence-electron chi connectivity index (χ1n) is 16.2. The molecule has 0 saturated carbocycles. The van der Waals surface area contributed by atoms with Crippen molar-refractivity contribution in [1.82, 2.24) is 19.4 Å². The van der Waals surface area contributed by atoms with Gasteiger partial charge in [0, 0.05) is 49.6 Å². The van der Waals surface area contributed by atoms with E-state index in [1.165, 1.54) is 43.6 Å². The molecule has 8 nitrogen and oxygen atoms in total. The molecule has 1 saturated heterocycles. The Morgan fingerprint density at radius 1 is 1.00 bits per heavy atom. The molecule has 2 aliphatic heterocycles. The molecule has 0 amide bonds. The second-order valence-corrected chi connectivity index (χ2v) is 13.9. The second kappa shape index (κ2) is 12.1. The predicted octanol–water partition coefficient (Wildman–Crippen LogP) is 6.20. The molecule has 1 N–H and O–H groups in total. The van der Waals surface area contributed by atoms with Gasteiger partial charge in [-0.25, -0.2) is 14.8 Å². The summed E-state index contributed by atoms with van der Waals surface area (Å²) in [5, 5.41) is 10.7. The van der Waals surface area contributed by atoms with Gasteiger partial charge in [-0.3, -0.25) is 0 Å². The van der Waals surface area contributed by atoms with E-state index in [0.717, 1.165) is 53.2 Å². The maximum absolute atomic E-state index is 13.0. The summed E-state index contributed by atoms with van der Waals surface area (Å²) in [5.41, 5.74) is 8.26.